The molecule has 0 fully saturated rings. The molecule has 4 N–H and O–H groups in total. The van der Waals surface area contributed by atoms with Gasteiger partial charge in [0, 0.05) is 27.9 Å². The van der Waals surface area contributed by atoms with Gasteiger partial charge in [0.25, 0.3) is 17.5 Å². The zero-order valence-corrected chi connectivity index (χ0v) is 25.0. The van der Waals surface area contributed by atoms with Gasteiger partial charge in [-0.25, -0.2) is 4.79 Å². The van der Waals surface area contributed by atoms with E-state index in [1.165, 1.54) is 48.2 Å². The number of nitro groups is 1. The van der Waals surface area contributed by atoms with E-state index in [1.54, 1.807) is 80.6 Å². The van der Waals surface area contributed by atoms with Crippen LogP contribution in [0.2, 0.25) is 0 Å². The molecule has 0 aliphatic heterocycles. The average molecular weight is 625 g/mol. The first-order valence-electron chi connectivity index (χ1n) is 13.6. The number of carbonyl (C=O) groups excluding carboxylic acids is 3. The number of carboxylic acid groups (broad SMARTS) is 1. The van der Waals surface area contributed by atoms with Gasteiger partial charge in [-0.05, 0) is 80.1 Å². The zero-order valence-electron chi connectivity index (χ0n) is 24.1. The maximum absolute atomic E-state index is 13.3. The molecule has 4 aromatic carbocycles. The lowest BCUT2D eigenvalue weighted by Crippen LogP contribution is -2.30. The molecule has 3 amide bonds. The summed E-state index contributed by atoms with van der Waals surface area (Å²) in [5.74, 6) is -2.69. The summed E-state index contributed by atoms with van der Waals surface area (Å²) in [6, 6.07) is 25.2. The quantitative estimate of drug-likeness (QED) is 0.0669. The number of carbonyl (C=O) groups is 4. The summed E-state index contributed by atoms with van der Waals surface area (Å²) < 4.78 is 0. The number of amides is 3. The number of hydrogen-bond donors (Lipinski definition) is 4. The van der Waals surface area contributed by atoms with Crippen molar-refractivity contribution in [1.29, 1.82) is 0 Å². The number of para-hydroxylation sites is 1. The second kappa shape index (κ2) is 14.6. The molecule has 1 atom stereocenters. The molecule has 0 saturated carbocycles. The Bertz CT molecular complexity index is 1790. The number of aromatic carboxylic acids is 1. The lowest BCUT2D eigenvalue weighted by Gasteiger charge is -2.15. The van der Waals surface area contributed by atoms with Crippen molar-refractivity contribution >= 4 is 58.6 Å². The fourth-order valence-corrected chi connectivity index (χ4v) is 4.94. The summed E-state index contributed by atoms with van der Waals surface area (Å²) >= 11 is 1.26. The van der Waals surface area contributed by atoms with E-state index in [0.717, 1.165) is 10.5 Å². The minimum absolute atomic E-state index is 0.0634. The lowest BCUT2D eigenvalue weighted by molar-refractivity contribution is -0.385. The molecular weight excluding hydrogens is 596 g/mol. The van der Waals surface area contributed by atoms with Gasteiger partial charge in [-0.2, -0.15) is 0 Å². The number of benzene rings is 4. The average Bonchev–Trinajstić information content (AvgIpc) is 3.03. The van der Waals surface area contributed by atoms with Crippen LogP contribution < -0.4 is 16.0 Å². The standard InChI is InChI=1S/C33H28N4O7S/c1-20-12-13-24(33(41)42)19-27(20)35-30(38)21(2)45-26-16-14-25(15-17-26)34-32(40)28(36-31(39)22-8-4-3-5-9-22)18-23-10-6-7-11-29(23)37(43)44/h3-19,21H,1-2H3,(H,34,40)(H,35,38)(H,36,39)(H,41,42)/b28-18-. The monoisotopic (exact) mass is 624 g/mol. The number of carboxylic acids is 1. The molecule has 1 unspecified atom stereocenters. The molecule has 12 heteroatoms. The summed E-state index contributed by atoms with van der Waals surface area (Å²) in [7, 11) is 0. The van der Waals surface area contributed by atoms with Crippen LogP contribution in [0.15, 0.2) is 108 Å². The molecule has 0 radical (unpaired) electrons. The summed E-state index contributed by atoms with van der Waals surface area (Å²) in [5, 5.41) is 28.3. The molecule has 0 bridgehead atoms. The van der Waals surface area contributed by atoms with Crippen LogP contribution in [-0.4, -0.2) is 39.0 Å². The van der Waals surface area contributed by atoms with Crippen LogP contribution in [0, 0.1) is 17.0 Å². The Kier molecular flexibility index (Phi) is 10.5. The van der Waals surface area contributed by atoms with Gasteiger partial charge in [-0.1, -0.05) is 36.4 Å². The number of thioether (sulfide) groups is 1. The minimum atomic E-state index is -1.09. The van der Waals surface area contributed by atoms with E-state index >= 15 is 0 Å². The highest BCUT2D eigenvalue weighted by Crippen LogP contribution is 2.27. The molecule has 11 nitrogen and oxygen atoms in total. The second-order valence-electron chi connectivity index (χ2n) is 9.76. The first kappa shape index (κ1) is 32.2. The summed E-state index contributed by atoms with van der Waals surface area (Å²) in [4.78, 5) is 62.0. The van der Waals surface area contributed by atoms with E-state index in [-0.39, 0.29) is 28.4 Å². The maximum Gasteiger partial charge on any atom is 0.335 e. The third-order valence-electron chi connectivity index (χ3n) is 6.50. The van der Waals surface area contributed by atoms with Crippen molar-refractivity contribution in [3.05, 3.63) is 135 Å². The van der Waals surface area contributed by atoms with E-state index in [9.17, 15) is 34.4 Å². The normalized spacial score (nSPS) is 11.6. The fourth-order valence-electron chi connectivity index (χ4n) is 4.07. The van der Waals surface area contributed by atoms with Crippen LogP contribution in [0.25, 0.3) is 6.08 Å². The van der Waals surface area contributed by atoms with Crippen molar-refractivity contribution in [2.24, 2.45) is 0 Å². The lowest BCUT2D eigenvalue weighted by atomic mass is 10.1. The van der Waals surface area contributed by atoms with Crippen LogP contribution in [0.1, 0.15) is 38.8 Å². The van der Waals surface area contributed by atoms with Crippen molar-refractivity contribution in [3.63, 3.8) is 0 Å². The Labute approximate surface area is 262 Å². The van der Waals surface area contributed by atoms with Crippen molar-refractivity contribution in [2.75, 3.05) is 10.6 Å². The van der Waals surface area contributed by atoms with Crippen LogP contribution in [0.4, 0.5) is 17.1 Å². The highest BCUT2D eigenvalue weighted by molar-refractivity contribution is 8.00. The smallest absolute Gasteiger partial charge is 0.335 e. The first-order valence-corrected chi connectivity index (χ1v) is 14.4. The topological polar surface area (TPSA) is 168 Å². The van der Waals surface area contributed by atoms with Gasteiger partial charge < -0.3 is 21.1 Å². The largest absolute Gasteiger partial charge is 0.478 e. The zero-order chi connectivity index (χ0) is 32.5. The molecule has 4 aromatic rings. The van der Waals surface area contributed by atoms with E-state index in [0.29, 0.717) is 16.9 Å². The Morgan fingerprint density at radius 2 is 1.53 bits per heavy atom. The molecule has 4 rings (SSSR count). The van der Waals surface area contributed by atoms with Crippen LogP contribution in [-0.2, 0) is 9.59 Å². The highest BCUT2D eigenvalue weighted by atomic mass is 32.2. The number of nitrogens with one attached hydrogen (secondary N) is 3. The summed E-state index contributed by atoms with van der Waals surface area (Å²) in [5.41, 5.74) is 1.56. The van der Waals surface area contributed by atoms with E-state index in [4.69, 9.17) is 0 Å². The molecule has 0 saturated heterocycles. The van der Waals surface area contributed by atoms with Crippen molar-refractivity contribution in [1.82, 2.24) is 5.32 Å². The Morgan fingerprint density at radius 3 is 2.20 bits per heavy atom. The molecule has 0 spiro atoms. The van der Waals surface area contributed by atoms with Gasteiger partial charge >= 0.3 is 5.97 Å². The van der Waals surface area contributed by atoms with Crippen LogP contribution in [0.3, 0.4) is 0 Å². The molecule has 0 heterocycles. The van der Waals surface area contributed by atoms with Gasteiger partial charge in [-0.3, -0.25) is 24.5 Å². The highest BCUT2D eigenvalue weighted by Gasteiger charge is 2.19. The predicted molar refractivity (Wildman–Crippen MR) is 172 cm³/mol. The maximum atomic E-state index is 13.3. The Hall–Kier alpha value is -5.75. The minimum Gasteiger partial charge on any atom is -0.478 e. The first-order chi connectivity index (χ1) is 21.5. The third kappa shape index (κ3) is 8.65. The Morgan fingerprint density at radius 1 is 0.867 bits per heavy atom. The molecule has 0 aliphatic carbocycles. The molecule has 0 aliphatic rings. The van der Waals surface area contributed by atoms with E-state index < -0.39 is 28.0 Å². The number of nitro benzene ring substituents is 1. The van der Waals surface area contributed by atoms with Gasteiger partial charge in [0.2, 0.25) is 5.91 Å². The van der Waals surface area contributed by atoms with Crippen molar-refractivity contribution in [3.8, 4) is 0 Å². The van der Waals surface area contributed by atoms with Crippen molar-refractivity contribution < 1.29 is 29.2 Å². The van der Waals surface area contributed by atoms with Crippen LogP contribution >= 0.6 is 11.8 Å². The van der Waals surface area contributed by atoms with Gasteiger partial charge in [0.05, 0.1) is 21.3 Å². The van der Waals surface area contributed by atoms with Crippen molar-refractivity contribution in [2.45, 2.75) is 24.0 Å². The van der Waals surface area contributed by atoms with Gasteiger partial charge in [0.1, 0.15) is 5.70 Å². The second-order valence-corrected chi connectivity index (χ2v) is 11.2. The number of hydrogen-bond acceptors (Lipinski definition) is 7. The fraction of sp³-hybridized carbons (Fsp3) is 0.0909. The van der Waals surface area contributed by atoms with E-state index in [2.05, 4.69) is 16.0 Å². The molecule has 45 heavy (non-hydrogen) atoms. The van der Waals surface area contributed by atoms with E-state index in [1.807, 2.05) is 0 Å². The Balaban J connectivity index is 1.47. The number of aryl methyl sites for hydroxylation is 1. The predicted octanol–water partition coefficient (Wildman–Crippen LogP) is 6.13. The SMILES string of the molecule is Cc1ccc(C(=O)O)cc1NC(=O)C(C)Sc1ccc(NC(=O)/C(=C/c2ccccc2[N+](=O)[O-])NC(=O)c2ccccc2)cc1. The molecular formula is C33H28N4O7S. The van der Waals surface area contributed by atoms with Crippen LogP contribution in [0.5, 0.6) is 0 Å². The number of rotatable bonds is 11. The summed E-state index contributed by atoms with van der Waals surface area (Å²) in [6.07, 6.45) is 1.24. The summed E-state index contributed by atoms with van der Waals surface area (Å²) in [6.45, 7) is 3.47. The number of anilines is 2. The third-order valence-corrected chi connectivity index (χ3v) is 7.61. The van der Waals surface area contributed by atoms with Gasteiger partial charge in [-0.15, -0.1) is 11.8 Å². The molecule has 228 valence electrons. The molecule has 0 aromatic heterocycles. The van der Waals surface area contributed by atoms with Gasteiger partial charge in [0.15, 0.2) is 0 Å². The number of nitrogens with zero attached hydrogens (tertiary/aromatic N) is 1.